The molecule has 3 aromatic rings. The zero-order chi connectivity index (χ0) is 21.4. The first-order chi connectivity index (χ1) is 15.1. The third-order valence-corrected chi connectivity index (χ3v) is 6.66. The van der Waals surface area contributed by atoms with E-state index in [-0.39, 0.29) is 18.5 Å². The Bertz CT molecular complexity index is 1110. The van der Waals surface area contributed by atoms with Gasteiger partial charge in [0.25, 0.3) is 0 Å². The lowest BCUT2D eigenvalue weighted by molar-refractivity contribution is -0.136. The molecule has 1 unspecified atom stereocenters. The summed E-state index contributed by atoms with van der Waals surface area (Å²) in [6.45, 7) is 0.928. The van der Waals surface area contributed by atoms with Gasteiger partial charge < -0.3 is 15.5 Å². The minimum Gasteiger partial charge on any atom is -0.345 e. The molecule has 0 aliphatic carbocycles. The van der Waals surface area contributed by atoms with Crippen LogP contribution < -0.4 is 15.5 Å². The lowest BCUT2D eigenvalue weighted by atomic mass is 9.98. The first kappa shape index (κ1) is 19.5. The van der Waals surface area contributed by atoms with Crippen molar-refractivity contribution in [2.24, 2.45) is 0 Å². The van der Waals surface area contributed by atoms with Crippen LogP contribution in [0, 0.1) is 0 Å². The summed E-state index contributed by atoms with van der Waals surface area (Å²) in [5, 5.41) is 11.7. The van der Waals surface area contributed by atoms with Crippen molar-refractivity contribution in [3.63, 3.8) is 0 Å². The predicted octanol–water partition coefficient (Wildman–Crippen LogP) is 2.12. The average molecular weight is 436 g/mol. The van der Waals surface area contributed by atoms with Crippen molar-refractivity contribution < 1.29 is 14.4 Å². The number of carbonyl (C=O) groups excluding carboxylic acids is 3. The van der Waals surface area contributed by atoms with Crippen molar-refractivity contribution in [2.45, 2.75) is 25.3 Å². The summed E-state index contributed by atoms with van der Waals surface area (Å²) in [5.41, 5.74) is 3.66. The highest BCUT2D eigenvalue weighted by Crippen LogP contribution is 2.38. The highest BCUT2D eigenvalue weighted by Gasteiger charge is 2.31. The van der Waals surface area contributed by atoms with Gasteiger partial charge >= 0.3 is 11.8 Å². The maximum atomic E-state index is 12.5. The lowest BCUT2D eigenvalue weighted by Gasteiger charge is -2.25. The van der Waals surface area contributed by atoms with Gasteiger partial charge in [-0.2, -0.15) is 5.10 Å². The molecule has 2 aromatic heterocycles. The topological polar surface area (TPSA) is 96.3 Å². The van der Waals surface area contributed by atoms with Crippen molar-refractivity contribution in [3.05, 3.63) is 64.1 Å². The summed E-state index contributed by atoms with van der Waals surface area (Å²) in [7, 11) is 0. The molecule has 2 aliphatic heterocycles. The largest absolute Gasteiger partial charge is 0.345 e. The minimum absolute atomic E-state index is 0.153. The highest BCUT2D eigenvalue weighted by atomic mass is 32.1. The number of aromatic nitrogens is 2. The second-order valence-electron chi connectivity index (χ2n) is 7.62. The molecule has 0 bridgehead atoms. The van der Waals surface area contributed by atoms with E-state index in [0.717, 1.165) is 28.1 Å². The van der Waals surface area contributed by atoms with Gasteiger partial charge in [-0.05, 0) is 53.6 Å². The number of nitrogens with zero attached hydrogens (tertiary/aromatic N) is 3. The van der Waals surface area contributed by atoms with Crippen LogP contribution in [0.25, 0.3) is 0 Å². The van der Waals surface area contributed by atoms with E-state index in [0.29, 0.717) is 25.1 Å². The zero-order valence-corrected chi connectivity index (χ0v) is 17.5. The molecule has 4 heterocycles. The van der Waals surface area contributed by atoms with Crippen LogP contribution in [0.15, 0.2) is 48.1 Å². The number of aryl methyl sites for hydroxylation is 1. The molecular formula is C22H21N5O3S. The van der Waals surface area contributed by atoms with Gasteiger partial charge in [-0.1, -0.05) is 6.07 Å². The molecule has 0 spiro atoms. The standard InChI is InChI=1S/C22H21N5O3S/c28-19-5-4-14-11-16(12-15-6-9-26(19)20(14)15)25-22(30)21(29)23-13-17(18-3-1-10-31-18)27-8-2-7-24-27/h1-3,7-8,10-12,17H,4-6,9,13H2,(H,23,29)(H,25,30). The fourth-order valence-electron chi connectivity index (χ4n) is 4.26. The van der Waals surface area contributed by atoms with Gasteiger partial charge in [-0.15, -0.1) is 11.3 Å². The molecule has 0 saturated heterocycles. The van der Waals surface area contributed by atoms with E-state index in [9.17, 15) is 14.4 Å². The molecule has 2 N–H and O–H groups in total. The molecule has 0 radical (unpaired) electrons. The van der Waals surface area contributed by atoms with Gasteiger partial charge in [0.2, 0.25) is 5.91 Å². The molecular weight excluding hydrogens is 414 g/mol. The van der Waals surface area contributed by atoms with Gasteiger partial charge in [0.05, 0.1) is 5.69 Å². The number of anilines is 2. The van der Waals surface area contributed by atoms with Crippen LogP contribution in [0.5, 0.6) is 0 Å². The van der Waals surface area contributed by atoms with E-state index in [2.05, 4.69) is 15.7 Å². The number of carbonyl (C=O) groups is 3. The van der Waals surface area contributed by atoms with Gasteiger partial charge in [0.1, 0.15) is 6.04 Å². The fourth-order valence-corrected chi connectivity index (χ4v) is 5.08. The number of nitrogens with one attached hydrogen (secondary N) is 2. The number of amides is 3. The fraction of sp³-hybridized carbons (Fsp3) is 0.273. The third kappa shape index (κ3) is 3.72. The van der Waals surface area contributed by atoms with E-state index in [1.807, 2.05) is 46.8 Å². The van der Waals surface area contributed by atoms with Crippen molar-refractivity contribution >= 4 is 40.4 Å². The van der Waals surface area contributed by atoms with Gasteiger partial charge in [0, 0.05) is 42.5 Å². The third-order valence-electron chi connectivity index (χ3n) is 5.69. The summed E-state index contributed by atoms with van der Waals surface area (Å²) in [6, 6.07) is 9.30. The summed E-state index contributed by atoms with van der Waals surface area (Å²) >= 11 is 1.57. The lowest BCUT2D eigenvalue weighted by Crippen LogP contribution is -2.39. The van der Waals surface area contributed by atoms with Crippen molar-refractivity contribution in [1.29, 1.82) is 0 Å². The Hall–Kier alpha value is -3.46. The molecule has 2 aliphatic rings. The minimum atomic E-state index is -0.709. The molecule has 9 heteroatoms. The molecule has 31 heavy (non-hydrogen) atoms. The summed E-state index contributed by atoms with van der Waals surface area (Å²) in [5.74, 6) is -1.25. The molecule has 0 saturated carbocycles. The molecule has 5 rings (SSSR count). The number of rotatable bonds is 5. The van der Waals surface area contributed by atoms with E-state index < -0.39 is 11.8 Å². The van der Waals surface area contributed by atoms with Crippen LogP contribution in [0.1, 0.15) is 28.5 Å². The van der Waals surface area contributed by atoms with Crippen molar-refractivity contribution in [1.82, 2.24) is 15.1 Å². The van der Waals surface area contributed by atoms with Crippen LogP contribution in [0.4, 0.5) is 11.4 Å². The van der Waals surface area contributed by atoms with E-state index in [4.69, 9.17) is 0 Å². The maximum absolute atomic E-state index is 12.5. The monoisotopic (exact) mass is 435 g/mol. The second-order valence-corrected chi connectivity index (χ2v) is 8.60. The van der Waals surface area contributed by atoms with E-state index in [1.165, 1.54) is 0 Å². The molecule has 158 valence electrons. The van der Waals surface area contributed by atoms with Crippen LogP contribution in [-0.2, 0) is 27.2 Å². The Balaban J connectivity index is 1.26. The molecule has 8 nitrogen and oxygen atoms in total. The SMILES string of the molecule is O=C(NCC(c1cccs1)n1cccn1)C(=O)Nc1cc2c3c(c1)CCN3C(=O)CC2. The number of hydrogen-bond donors (Lipinski definition) is 2. The van der Waals surface area contributed by atoms with Crippen molar-refractivity contribution in [2.75, 3.05) is 23.3 Å². The van der Waals surface area contributed by atoms with Crippen molar-refractivity contribution in [3.8, 4) is 0 Å². The zero-order valence-electron chi connectivity index (χ0n) is 16.7. The summed E-state index contributed by atoms with van der Waals surface area (Å²) in [4.78, 5) is 39.9. The van der Waals surface area contributed by atoms with Crippen LogP contribution in [-0.4, -0.2) is 40.6 Å². The van der Waals surface area contributed by atoms with E-state index in [1.54, 1.807) is 22.2 Å². The molecule has 1 atom stereocenters. The predicted molar refractivity (Wildman–Crippen MR) is 117 cm³/mol. The molecule has 0 fully saturated rings. The van der Waals surface area contributed by atoms with Gasteiger partial charge in [-0.25, -0.2) is 0 Å². The summed E-state index contributed by atoms with van der Waals surface area (Å²) in [6.07, 6.45) is 5.41. The highest BCUT2D eigenvalue weighted by molar-refractivity contribution is 7.10. The quantitative estimate of drug-likeness (QED) is 0.600. The first-order valence-corrected chi connectivity index (χ1v) is 11.1. The number of hydrogen-bond acceptors (Lipinski definition) is 5. The van der Waals surface area contributed by atoms with Gasteiger partial charge in [0.15, 0.2) is 0 Å². The normalized spacial score (nSPS) is 15.5. The Kier molecular flexibility index (Phi) is 5.03. The number of thiophene rings is 1. The van der Waals surface area contributed by atoms with E-state index >= 15 is 0 Å². The Morgan fingerprint density at radius 3 is 2.71 bits per heavy atom. The first-order valence-electron chi connectivity index (χ1n) is 10.2. The van der Waals surface area contributed by atoms with Crippen LogP contribution in [0.3, 0.4) is 0 Å². The maximum Gasteiger partial charge on any atom is 0.313 e. The van der Waals surface area contributed by atoms with Crippen LogP contribution >= 0.6 is 11.3 Å². The molecule has 3 amide bonds. The smallest absolute Gasteiger partial charge is 0.313 e. The number of benzene rings is 1. The second kappa shape index (κ2) is 7.99. The Morgan fingerprint density at radius 2 is 1.97 bits per heavy atom. The summed E-state index contributed by atoms with van der Waals surface area (Å²) < 4.78 is 1.77. The van der Waals surface area contributed by atoms with Gasteiger partial charge in [-0.3, -0.25) is 19.1 Å². The Morgan fingerprint density at radius 1 is 1.13 bits per heavy atom. The molecule has 1 aromatic carbocycles. The van der Waals surface area contributed by atoms with Crippen LogP contribution in [0.2, 0.25) is 0 Å². The average Bonchev–Trinajstić information content (AvgIpc) is 3.53. The Labute approximate surface area is 182 Å².